The lowest BCUT2D eigenvalue weighted by molar-refractivity contribution is -0.138. The molecule has 10 heteroatoms. The number of aryl methyl sites for hydroxylation is 2. The molecule has 2 heterocycles. The highest BCUT2D eigenvalue weighted by molar-refractivity contribution is 6.03. The van der Waals surface area contributed by atoms with Crippen molar-refractivity contribution in [1.29, 1.82) is 0 Å². The number of carboxylic acid groups (broad SMARTS) is 1. The Morgan fingerprint density at radius 2 is 1.62 bits per heavy atom. The van der Waals surface area contributed by atoms with E-state index in [9.17, 15) is 14.4 Å². The van der Waals surface area contributed by atoms with Crippen LogP contribution < -0.4 is 19.5 Å². The van der Waals surface area contributed by atoms with E-state index in [0.29, 0.717) is 56.2 Å². The highest BCUT2D eigenvalue weighted by Crippen LogP contribution is 2.38. The first kappa shape index (κ1) is 36.9. The Labute approximate surface area is 306 Å². The summed E-state index contributed by atoms with van der Waals surface area (Å²) in [5, 5.41) is 12.8. The van der Waals surface area contributed by atoms with E-state index in [-0.39, 0.29) is 42.8 Å². The molecule has 6 rings (SSSR count). The van der Waals surface area contributed by atoms with Crippen molar-refractivity contribution >= 4 is 23.4 Å². The Morgan fingerprint density at radius 3 is 2.27 bits per heavy atom. The van der Waals surface area contributed by atoms with Gasteiger partial charge in [0.15, 0.2) is 0 Å². The maximum Gasteiger partial charge on any atom is 0.303 e. The summed E-state index contributed by atoms with van der Waals surface area (Å²) in [6.07, 6.45) is 3.63. The van der Waals surface area contributed by atoms with Gasteiger partial charge in [-0.15, -0.1) is 0 Å². The van der Waals surface area contributed by atoms with Gasteiger partial charge in [-0.05, 0) is 104 Å². The third-order valence-corrected chi connectivity index (χ3v) is 10.5. The van der Waals surface area contributed by atoms with Gasteiger partial charge in [0.2, 0.25) is 5.91 Å². The molecule has 276 valence electrons. The number of aliphatic carboxylic acids is 1. The molecule has 2 atom stereocenters. The minimum absolute atomic E-state index is 0.0279. The van der Waals surface area contributed by atoms with Crippen molar-refractivity contribution in [3.8, 4) is 17.2 Å². The van der Waals surface area contributed by atoms with E-state index in [2.05, 4.69) is 62.5 Å². The van der Waals surface area contributed by atoms with E-state index >= 15 is 0 Å². The van der Waals surface area contributed by atoms with Gasteiger partial charge in [0.25, 0.3) is 5.91 Å². The standard InChI is InChI=1S/C42H51N3O7/c1-26-17-27(2)28(3)38(18-26)52-16-15-29-9-11-31(12-10-29)36-21-32-24-44(39(46)7-6-8-40(47)48)25-37(43-32)41(36)42(49)45(33-13-14-33)23-30-19-34(50-4)22-35(20-30)51-5/h9-12,17-20,22,32-33,37,43H,6-8,13-16,21,23-25H2,1-5H3,(H,47,48). The molecule has 2 fully saturated rings. The number of carboxylic acids is 1. The van der Waals surface area contributed by atoms with Crippen LogP contribution in [0.2, 0.25) is 0 Å². The third-order valence-electron chi connectivity index (χ3n) is 10.5. The van der Waals surface area contributed by atoms with E-state index in [1.807, 2.05) is 28.0 Å². The molecule has 2 N–H and O–H groups in total. The molecule has 1 saturated carbocycles. The molecule has 1 saturated heterocycles. The predicted molar refractivity (Wildman–Crippen MR) is 200 cm³/mol. The van der Waals surface area contributed by atoms with Crippen molar-refractivity contribution in [3.05, 3.63) is 93.6 Å². The maximum atomic E-state index is 14.9. The minimum atomic E-state index is -0.908. The van der Waals surface area contributed by atoms with Crippen LogP contribution in [0.15, 0.2) is 60.2 Å². The molecule has 3 aromatic carbocycles. The van der Waals surface area contributed by atoms with Gasteiger partial charge >= 0.3 is 5.97 Å². The fourth-order valence-electron chi connectivity index (χ4n) is 7.48. The van der Waals surface area contributed by atoms with Crippen molar-refractivity contribution in [2.24, 2.45) is 0 Å². The van der Waals surface area contributed by atoms with Gasteiger partial charge in [-0.3, -0.25) is 14.4 Å². The molecule has 2 amide bonds. The molecular weight excluding hydrogens is 658 g/mol. The van der Waals surface area contributed by atoms with Gasteiger partial charge in [0.05, 0.1) is 26.9 Å². The first-order valence-electron chi connectivity index (χ1n) is 18.3. The lowest BCUT2D eigenvalue weighted by atomic mass is 9.82. The Balaban J connectivity index is 1.27. The van der Waals surface area contributed by atoms with Gasteiger partial charge < -0.3 is 34.4 Å². The van der Waals surface area contributed by atoms with Crippen LogP contribution >= 0.6 is 0 Å². The number of carbonyl (C=O) groups excluding carboxylic acids is 2. The van der Waals surface area contributed by atoms with Crippen molar-refractivity contribution in [1.82, 2.24) is 15.1 Å². The van der Waals surface area contributed by atoms with Gasteiger partial charge in [-0.1, -0.05) is 30.3 Å². The Kier molecular flexibility index (Phi) is 11.5. The Morgan fingerprint density at radius 1 is 0.904 bits per heavy atom. The molecule has 52 heavy (non-hydrogen) atoms. The number of piperazine rings is 1. The van der Waals surface area contributed by atoms with Crippen LogP contribution in [0.4, 0.5) is 0 Å². The summed E-state index contributed by atoms with van der Waals surface area (Å²) in [5.41, 5.74) is 8.35. The van der Waals surface area contributed by atoms with Gasteiger partial charge in [0.1, 0.15) is 17.2 Å². The monoisotopic (exact) mass is 709 g/mol. The van der Waals surface area contributed by atoms with E-state index in [1.165, 1.54) is 11.1 Å². The van der Waals surface area contributed by atoms with Crippen LogP contribution in [0.3, 0.4) is 0 Å². The molecule has 10 nitrogen and oxygen atoms in total. The molecule has 3 aromatic rings. The Hall–Kier alpha value is -4.83. The zero-order valence-corrected chi connectivity index (χ0v) is 31.0. The summed E-state index contributed by atoms with van der Waals surface area (Å²) in [4.78, 5) is 43.1. The molecule has 3 aliphatic rings. The second kappa shape index (κ2) is 16.2. The second-order valence-corrected chi connectivity index (χ2v) is 14.4. The number of hydrogen-bond donors (Lipinski definition) is 2. The molecular formula is C42H51N3O7. The summed E-state index contributed by atoms with van der Waals surface area (Å²) in [5.74, 6) is 1.24. The highest BCUT2D eigenvalue weighted by Gasteiger charge is 2.43. The zero-order valence-electron chi connectivity index (χ0n) is 31.0. The molecule has 2 aliphatic heterocycles. The molecule has 2 unspecified atom stereocenters. The normalized spacial score (nSPS) is 18.2. The number of carbonyl (C=O) groups is 3. The summed E-state index contributed by atoms with van der Waals surface area (Å²) in [6, 6.07) is 18.2. The maximum absolute atomic E-state index is 14.9. The molecule has 0 spiro atoms. The highest BCUT2D eigenvalue weighted by atomic mass is 16.5. The van der Waals surface area contributed by atoms with E-state index in [0.717, 1.165) is 52.8 Å². The van der Waals surface area contributed by atoms with Crippen LogP contribution in [-0.2, 0) is 27.3 Å². The van der Waals surface area contributed by atoms with E-state index < -0.39 is 5.97 Å². The zero-order chi connectivity index (χ0) is 36.9. The number of amides is 2. The fraction of sp³-hybridized carbons (Fsp3) is 0.452. The van der Waals surface area contributed by atoms with Crippen molar-refractivity contribution in [2.45, 2.75) is 90.4 Å². The first-order valence-corrected chi connectivity index (χ1v) is 18.3. The smallest absolute Gasteiger partial charge is 0.303 e. The fourth-order valence-corrected chi connectivity index (χ4v) is 7.48. The number of benzene rings is 3. The van der Waals surface area contributed by atoms with Crippen LogP contribution in [-0.4, -0.2) is 84.7 Å². The molecule has 1 aliphatic carbocycles. The summed E-state index contributed by atoms with van der Waals surface area (Å²) in [7, 11) is 3.23. The van der Waals surface area contributed by atoms with E-state index in [1.54, 1.807) is 14.2 Å². The van der Waals surface area contributed by atoms with Crippen LogP contribution in [0.5, 0.6) is 17.2 Å². The number of nitrogens with zero attached hydrogens (tertiary/aromatic N) is 2. The van der Waals surface area contributed by atoms with Crippen molar-refractivity contribution in [3.63, 3.8) is 0 Å². The molecule has 0 aromatic heterocycles. The average Bonchev–Trinajstić information content (AvgIpc) is 3.97. The second-order valence-electron chi connectivity index (χ2n) is 14.4. The summed E-state index contributed by atoms with van der Waals surface area (Å²) < 4.78 is 17.3. The third kappa shape index (κ3) is 8.78. The van der Waals surface area contributed by atoms with Gasteiger partial charge in [-0.25, -0.2) is 0 Å². The topological polar surface area (TPSA) is 118 Å². The number of fused-ring (bicyclic) bond motifs is 2. The summed E-state index contributed by atoms with van der Waals surface area (Å²) >= 11 is 0. The van der Waals surface area contributed by atoms with Crippen LogP contribution in [0.25, 0.3) is 5.57 Å². The van der Waals surface area contributed by atoms with Crippen molar-refractivity contribution in [2.75, 3.05) is 33.9 Å². The molecule has 0 radical (unpaired) electrons. The first-order chi connectivity index (χ1) is 25.0. The largest absolute Gasteiger partial charge is 0.497 e. The number of rotatable bonds is 15. The SMILES string of the molecule is COc1cc(CN(C(=O)C2=C(c3ccc(CCOc4cc(C)cc(C)c4C)cc3)CC3CN(C(=O)CCCC(=O)O)CC2N3)C2CC2)cc(OC)c1. The molecule has 2 bridgehead atoms. The lowest BCUT2D eigenvalue weighted by Crippen LogP contribution is -2.62. The van der Waals surface area contributed by atoms with Gasteiger partial charge in [0, 0.05) is 62.6 Å². The number of nitrogens with one attached hydrogen (secondary N) is 1. The van der Waals surface area contributed by atoms with Gasteiger partial charge in [-0.2, -0.15) is 0 Å². The van der Waals surface area contributed by atoms with Crippen molar-refractivity contribution < 1.29 is 33.7 Å². The van der Waals surface area contributed by atoms with E-state index in [4.69, 9.17) is 19.3 Å². The summed E-state index contributed by atoms with van der Waals surface area (Å²) in [6.45, 7) is 8.10. The number of hydrogen-bond acceptors (Lipinski definition) is 7. The van der Waals surface area contributed by atoms with Crippen LogP contribution in [0.1, 0.15) is 71.9 Å². The number of methoxy groups -OCH3 is 2. The minimum Gasteiger partial charge on any atom is -0.497 e. The average molecular weight is 710 g/mol. The Bertz CT molecular complexity index is 1810. The predicted octanol–water partition coefficient (Wildman–Crippen LogP) is 6.02. The van der Waals surface area contributed by atoms with Crippen LogP contribution in [0, 0.1) is 20.8 Å². The lowest BCUT2D eigenvalue weighted by Gasteiger charge is -2.45. The number of ether oxygens (including phenoxy) is 3. The quantitative estimate of drug-likeness (QED) is 0.197.